The molecule has 25 heavy (non-hydrogen) atoms. The SMILES string of the molecule is Cc1cccc(-n2ncc(-c3nc(C4(N)CCCC4)no3)c2C)c1.Cl. The van der Waals surface area contributed by atoms with Gasteiger partial charge in [0, 0.05) is 0 Å². The molecule has 1 fully saturated rings. The summed E-state index contributed by atoms with van der Waals surface area (Å²) < 4.78 is 7.38. The maximum Gasteiger partial charge on any atom is 0.261 e. The zero-order chi connectivity index (χ0) is 16.7. The lowest BCUT2D eigenvalue weighted by atomic mass is 9.99. The van der Waals surface area contributed by atoms with E-state index in [1.165, 1.54) is 5.56 Å². The number of aryl methyl sites for hydroxylation is 1. The van der Waals surface area contributed by atoms with E-state index in [-0.39, 0.29) is 12.4 Å². The van der Waals surface area contributed by atoms with Crippen molar-refractivity contribution in [3.63, 3.8) is 0 Å². The second-order valence-electron chi connectivity index (χ2n) is 6.68. The van der Waals surface area contributed by atoms with Gasteiger partial charge in [0.2, 0.25) is 0 Å². The maximum atomic E-state index is 6.42. The highest BCUT2D eigenvalue weighted by Crippen LogP contribution is 2.35. The lowest BCUT2D eigenvalue weighted by molar-refractivity contribution is 0.372. The van der Waals surface area contributed by atoms with Crippen LogP contribution in [-0.4, -0.2) is 19.9 Å². The van der Waals surface area contributed by atoms with Crippen LogP contribution in [0.3, 0.4) is 0 Å². The first-order valence-corrected chi connectivity index (χ1v) is 8.32. The molecule has 4 rings (SSSR count). The monoisotopic (exact) mass is 359 g/mol. The topological polar surface area (TPSA) is 82.8 Å². The van der Waals surface area contributed by atoms with E-state index >= 15 is 0 Å². The van der Waals surface area contributed by atoms with Crippen molar-refractivity contribution in [2.75, 3.05) is 0 Å². The lowest BCUT2D eigenvalue weighted by Crippen LogP contribution is -2.34. The summed E-state index contributed by atoms with van der Waals surface area (Å²) in [5.74, 6) is 1.09. The van der Waals surface area contributed by atoms with Gasteiger partial charge in [0.15, 0.2) is 5.82 Å². The predicted octanol–water partition coefficient (Wildman–Crippen LogP) is 3.69. The van der Waals surface area contributed by atoms with E-state index in [9.17, 15) is 0 Å². The van der Waals surface area contributed by atoms with Crippen LogP contribution in [0.25, 0.3) is 17.1 Å². The number of hydrogen-bond donors (Lipinski definition) is 1. The Hall–Kier alpha value is -2.18. The van der Waals surface area contributed by atoms with Gasteiger partial charge >= 0.3 is 0 Å². The summed E-state index contributed by atoms with van der Waals surface area (Å²) >= 11 is 0. The van der Waals surface area contributed by atoms with E-state index in [1.54, 1.807) is 6.20 Å². The molecule has 1 aliphatic rings. The average molecular weight is 360 g/mol. The number of nitrogens with two attached hydrogens (primary N) is 1. The maximum absolute atomic E-state index is 6.42. The van der Waals surface area contributed by atoms with Crippen LogP contribution in [0.1, 0.15) is 42.8 Å². The second kappa shape index (κ2) is 6.61. The van der Waals surface area contributed by atoms with E-state index in [0.29, 0.717) is 11.7 Å². The molecule has 1 saturated carbocycles. The molecule has 0 amide bonds. The number of halogens is 1. The standard InChI is InChI=1S/C18H21N5O.ClH/c1-12-6-5-7-14(10-12)23-13(2)15(11-20-23)16-21-17(22-24-16)18(19)8-3-4-9-18;/h5-7,10-11H,3-4,8-9,19H2,1-2H3;1H. The number of nitrogens with zero attached hydrogens (tertiary/aromatic N) is 4. The Morgan fingerprint density at radius 1 is 1.20 bits per heavy atom. The number of hydrogen-bond acceptors (Lipinski definition) is 5. The van der Waals surface area contributed by atoms with Crippen molar-refractivity contribution < 1.29 is 4.52 Å². The Bertz CT molecular complexity index is 879. The fourth-order valence-electron chi connectivity index (χ4n) is 3.40. The molecule has 0 bridgehead atoms. The normalized spacial score (nSPS) is 16.0. The number of aromatic nitrogens is 4. The van der Waals surface area contributed by atoms with Gasteiger partial charge in [-0.25, -0.2) is 4.68 Å². The largest absolute Gasteiger partial charge is 0.334 e. The summed E-state index contributed by atoms with van der Waals surface area (Å²) in [6, 6.07) is 8.21. The minimum Gasteiger partial charge on any atom is -0.334 e. The Morgan fingerprint density at radius 3 is 2.68 bits per heavy atom. The van der Waals surface area contributed by atoms with Gasteiger partial charge in [0.25, 0.3) is 5.89 Å². The fourth-order valence-corrected chi connectivity index (χ4v) is 3.40. The zero-order valence-electron chi connectivity index (χ0n) is 14.4. The first-order chi connectivity index (χ1) is 11.6. The third kappa shape index (κ3) is 3.07. The average Bonchev–Trinajstić information content (AvgIpc) is 3.27. The number of rotatable bonds is 3. The smallest absolute Gasteiger partial charge is 0.261 e. The van der Waals surface area contributed by atoms with Gasteiger partial charge in [-0.3, -0.25) is 0 Å². The molecule has 2 heterocycles. The molecular weight excluding hydrogens is 338 g/mol. The molecule has 0 atom stereocenters. The van der Waals surface area contributed by atoms with Gasteiger partial charge in [0.05, 0.1) is 28.7 Å². The van der Waals surface area contributed by atoms with Crippen molar-refractivity contribution in [3.05, 3.63) is 47.5 Å². The van der Waals surface area contributed by atoms with Gasteiger partial charge in [-0.2, -0.15) is 10.1 Å². The molecule has 2 aromatic heterocycles. The third-order valence-corrected chi connectivity index (χ3v) is 4.85. The highest BCUT2D eigenvalue weighted by Gasteiger charge is 2.36. The molecule has 2 N–H and O–H groups in total. The Balaban J connectivity index is 0.00000182. The molecule has 0 saturated heterocycles. The first kappa shape index (κ1) is 17.6. The van der Waals surface area contributed by atoms with Gasteiger partial charge in [-0.05, 0) is 44.4 Å². The zero-order valence-corrected chi connectivity index (χ0v) is 15.2. The molecule has 0 spiro atoms. The summed E-state index contributed by atoms with van der Waals surface area (Å²) in [4.78, 5) is 4.56. The molecule has 132 valence electrons. The lowest BCUT2D eigenvalue weighted by Gasteiger charge is -2.17. The molecule has 0 aliphatic heterocycles. The van der Waals surface area contributed by atoms with Crippen LogP contribution in [-0.2, 0) is 5.54 Å². The van der Waals surface area contributed by atoms with Gasteiger partial charge in [0.1, 0.15) is 0 Å². The predicted molar refractivity (Wildman–Crippen MR) is 97.9 cm³/mol. The summed E-state index contributed by atoms with van der Waals surface area (Å²) in [5, 5.41) is 8.62. The van der Waals surface area contributed by atoms with Gasteiger partial charge < -0.3 is 10.3 Å². The van der Waals surface area contributed by atoms with Crippen LogP contribution in [0.4, 0.5) is 0 Å². The van der Waals surface area contributed by atoms with E-state index in [4.69, 9.17) is 10.3 Å². The van der Waals surface area contributed by atoms with E-state index in [0.717, 1.165) is 42.6 Å². The summed E-state index contributed by atoms with van der Waals surface area (Å²) in [6.45, 7) is 4.07. The van der Waals surface area contributed by atoms with Crippen LogP contribution in [0.2, 0.25) is 0 Å². The Labute approximate surface area is 152 Å². The van der Waals surface area contributed by atoms with Gasteiger partial charge in [-0.1, -0.05) is 30.1 Å². The van der Waals surface area contributed by atoms with Crippen molar-refractivity contribution in [2.24, 2.45) is 5.73 Å². The van der Waals surface area contributed by atoms with Crippen LogP contribution in [0.15, 0.2) is 35.0 Å². The van der Waals surface area contributed by atoms with Crippen molar-refractivity contribution in [1.82, 2.24) is 19.9 Å². The molecule has 1 aromatic carbocycles. The summed E-state index contributed by atoms with van der Waals surface area (Å²) in [7, 11) is 0. The molecule has 1 aliphatic carbocycles. The Kier molecular flexibility index (Phi) is 4.67. The van der Waals surface area contributed by atoms with Crippen LogP contribution in [0, 0.1) is 13.8 Å². The van der Waals surface area contributed by atoms with Crippen LogP contribution < -0.4 is 5.73 Å². The Morgan fingerprint density at radius 2 is 1.96 bits per heavy atom. The first-order valence-electron chi connectivity index (χ1n) is 8.32. The molecule has 7 heteroatoms. The fraction of sp³-hybridized carbons (Fsp3) is 0.389. The van der Waals surface area contributed by atoms with Crippen LogP contribution >= 0.6 is 12.4 Å². The van der Waals surface area contributed by atoms with E-state index in [1.807, 2.05) is 23.7 Å². The minimum atomic E-state index is -0.442. The second-order valence-corrected chi connectivity index (χ2v) is 6.68. The minimum absolute atomic E-state index is 0. The molecule has 6 nitrogen and oxygen atoms in total. The van der Waals surface area contributed by atoms with Crippen molar-refractivity contribution >= 4 is 12.4 Å². The molecule has 3 aromatic rings. The third-order valence-electron chi connectivity index (χ3n) is 4.85. The van der Waals surface area contributed by atoms with Crippen molar-refractivity contribution in [1.29, 1.82) is 0 Å². The van der Waals surface area contributed by atoms with Crippen LogP contribution in [0.5, 0.6) is 0 Å². The molecular formula is C18H22ClN5O. The molecule has 0 unspecified atom stereocenters. The van der Waals surface area contributed by atoms with Crippen molar-refractivity contribution in [2.45, 2.75) is 45.1 Å². The summed E-state index contributed by atoms with van der Waals surface area (Å²) in [6.07, 6.45) is 5.82. The number of benzene rings is 1. The molecule has 0 radical (unpaired) electrons. The van der Waals surface area contributed by atoms with E-state index in [2.05, 4.69) is 34.3 Å². The quantitative estimate of drug-likeness (QED) is 0.771. The highest BCUT2D eigenvalue weighted by atomic mass is 35.5. The van der Waals surface area contributed by atoms with Crippen molar-refractivity contribution in [3.8, 4) is 17.1 Å². The summed E-state index contributed by atoms with van der Waals surface area (Å²) in [5.41, 5.74) is 9.99. The van der Waals surface area contributed by atoms with Gasteiger partial charge in [-0.15, -0.1) is 12.4 Å². The highest BCUT2D eigenvalue weighted by molar-refractivity contribution is 5.85. The van der Waals surface area contributed by atoms with E-state index < -0.39 is 5.54 Å².